The minimum Gasteiger partial charge on any atom is -0.454 e. The highest BCUT2D eigenvalue weighted by molar-refractivity contribution is 5.44. The van der Waals surface area contributed by atoms with Crippen LogP contribution in [0.2, 0.25) is 0 Å². The van der Waals surface area contributed by atoms with E-state index in [0.717, 1.165) is 63.0 Å². The van der Waals surface area contributed by atoms with E-state index in [-0.39, 0.29) is 0 Å². The van der Waals surface area contributed by atoms with Gasteiger partial charge >= 0.3 is 0 Å². The highest BCUT2D eigenvalue weighted by Gasteiger charge is 2.21. The zero-order chi connectivity index (χ0) is 19.2. The zero-order valence-corrected chi connectivity index (χ0v) is 16.4. The number of ether oxygens (including phenoxy) is 2. The van der Waals surface area contributed by atoms with Crippen LogP contribution in [-0.4, -0.2) is 59.6 Å². The molecular formula is C20H28N6O2. The second kappa shape index (κ2) is 9.05. The predicted octanol–water partition coefficient (Wildman–Crippen LogP) is 2.52. The molecule has 2 aromatic rings. The number of hydrogen-bond acceptors (Lipinski definition) is 8. The third kappa shape index (κ3) is 4.62. The largest absolute Gasteiger partial charge is 0.454 e. The summed E-state index contributed by atoms with van der Waals surface area (Å²) in [4.78, 5) is 9.28. The molecular weight excluding hydrogens is 356 g/mol. The molecule has 0 saturated carbocycles. The second-order valence-corrected chi connectivity index (χ2v) is 7.23. The molecule has 0 atom stereocenters. The number of piperazine rings is 1. The maximum absolute atomic E-state index is 5.48. The first-order chi connectivity index (χ1) is 13.8. The van der Waals surface area contributed by atoms with E-state index in [2.05, 4.69) is 49.4 Å². The van der Waals surface area contributed by atoms with Crippen LogP contribution in [0.5, 0.6) is 11.5 Å². The van der Waals surface area contributed by atoms with E-state index >= 15 is 0 Å². The van der Waals surface area contributed by atoms with Crippen molar-refractivity contribution < 1.29 is 9.47 Å². The third-order valence-electron chi connectivity index (χ3n) is 5.13. The number of aromatic nitrogens is 3. The zero-order valence-electron chi connectivity index (χ0n) is 16.4. The Balaban J connectivity index is 1.28. The Kier molecular flexibility index (Phi) is 6.06. The minimum absolute atomic E-state index is 0.317. The minimum atomic E-state index is 0.317. The van der Waals surface area contributed by atoms with Gasteiger partial charge in [-0.05, 0) is 24.1 Å². The second-order valence-electron chi connectivity index (χ2n) is 7.23. The maximum atomic E-state index is 5.48. The molecule has 4 rings (SSSR count). The van der Waals surface area contributed by atoms with Crippen molar-refractivity contribution in [2.45, 2.75) is 32.7 Å². The fourth-order valence-corrected chi connectivity index (χ4v) is 3.51. The van der Waals surface area contributed by atoms with E-state index in [1.54, 1.807) is 6.20 Å². The number of unbranched alkanes of at least 4 members (excludes halogenated alkanes) is 2. The highest BCUT2D eigenvalue weighted by Crippen LogP contribution is 2.32. The molecule has 150 valence electrons. The van der Waals surface area contributed by atoms with Gasteiger partial charge in [0.15, 0.2) is 17.3 Å². The summed E-state index contributed by atoms with van der Waals surface area (Å²) in [6, 6.07) is 6.18. The molecule has 1 saturated heterocycles. The molecule has 0 amide bonds. The smallest absolute Gasteiger partial charge is 0.247 e. The van der Waals surface area contributed by atoms with E-state index in [9.17, 15) is 0 Å². The summed E-state index contributed by atoms with van der Waals surface area (Å²) in [6.45, 7) is 8.07. The summed E-state index contributed by atoms with van der Waals surface area (Å²) in [6.07, 6.45) is 5.29. The van der Waals surface area contributed by atoms with Crippen LogP contribution in [-0.2, 0) is 6.54 Å². The summed E-state index contributed by atoms with van der Waals surface area (Å²) in [5, 5.41) is 11.7. The first kappa shape index (κ1) is 18.7. The number of anilines is 2. The highest BCUT2D eigenvalue weighted by atomic mass is 16.7. The number of nitrogens with zero attached hydrogens (tertiary/aromatic N) is 5. The number of fused-ring (bicyclic) bond motifs is 1. The van der Waals surface area contributed by atoms with Crippen molar-refractivity contribution >= 4 is 11.8 Å². The van der Waals surface area contributed by atoms with Gasteiger partial charge in [0.2, 0.25) is 12.7 Å². The molecule has 3 heterocycles. The Bertz CT molecular complexity index is 779. The van der Waals surface area contributed by atoms with E-state index in [1.165, 1.54) is 18.4 Å². The van der Waals surface area contributed by atoms with Gasteiger partial charge in [0.05, 0.1) is 6.20 Å². The molecule has 1 aromatic heterocycles. The monoisotopic (exact) mass is 384 g/mol. The summed E-state index contributed by atoms with van der Waals surface area (Å²) in [7, 11) is 0. The molecule has 2 aliphatic rings. The van der Waals surface area contributed by atoms with Crippen LogP contribution in [0.3, 0.4) is 0 Å². The van der Waals surface area contributed by atoms with E-state index < -0.39 is 0 Å². The number of benzene rings is 1. The molecule has 0 bridgehead atoms. The lowest BCUT2D eigenvalue weighted by Gasteiger charge is -2.34. The Morgan fingerprint density at radius 3 is 2.79 bits per heavy atom. The Morgan fingerprint density at radius 1 is 1.07 bits per heavy atom. The summed E-state index contributed by atoms with van der Waals surface area (Å²) < 4.78 is 10.9. The van der Waals surface area contributed by atoms with Crippen molar-refractivity contribution in [2.24, 2.45) is 0 Å². The van der Waals surface area contributed by atoms with Crippen LogP contribution >= 0.6 is 0 Å². The molecule has 1 N–H and O–H groups in total. The van der Waals surface area contributed by atoms with Gasteiger partial charge in [0, 0.05) is 39.3 Å². The van der Waals surface area contributed by atoms with Crippen molar-refractivity contribution in [2.75, 3.05) is 49.7 Å². The molecule has 1 aromatic carbocycles. The molecule has 8 heteroatoms. The van der Waals surface area contributed by atoms with Crippen molar-refractivity contribution in [3.05, 3.63) is 30.0 Å². The third-order valence-corrected chi connectivity index (χ3v) is 5.13. The first-order valence-electron chi connectivity index (χ1n) is 10.1. The van der Waals surface area contributed by atoms with Crippen LogP contribution in [0.15, 0.2) is 24.4 Å². The molecule has 2 aliphatic heterocycles. The number of nitrogens with one attached hydrogen (secondary N) is 1. The summed E-state index contributed by atoms with van der Waals surface area (Å²) in [5.41, 5.74) is 1.24. The van der Waals surface area contributed by atoms with E-state index in [1.807, 2.05) is 6.07 Å². The molecule has 1 fully saturated rings. The standard InChI is InChI=1S/C20H28N6O2/c1-2-3-4-7-21-19-13-22-24-20(23-19)26-10-8-25(9-11-26)14-16-5-6-17-18(12-16)28-15-27-17/h5-6,12-13H,2-4,7-11,14-15H2,1H3,(H,21,23,24). The van der Waals surface area contributed by atoms with Crippen molar-refractivity contribution in [1.82, 2.24) is 20.1 Å². The SMILES string of the molecule is CCCCCNc1cnnc(N2CCN(Cc3ccc4c(c3)OCO4)CC2)n1. The normalized spacial score (nSPS) is 16.4. The van der Waals surface area contributed by atoms with Gasteiger partial charge in [-0.2, -0.15) is 10.1 Å². The van der Waals surface area contributed by atoms with Gasteiger partial charge in [0.25, 0.3) is 0 Å². The van der Waals surface area contributed by atoms with Crippen LogP contribution in [0, 0.1) is 0 Å². The lowest BCUT2D eigenvalue weighted by atomic mass is 10.1. The molecule has 0 aliphatic carbocycles. The number of rotatable bonds is 8. The quantitative estimate of drug-likeness (QED) is 0.696. The Labute approximate surface area is 165 Å². The lowest BCUT2D eigenvalue weighted by molar-refractivity contribution is 0.174. The molecule has 0 radical (unpaired) electrons. The molecule has 28 heavy (non-hydrogen) atoms. The molecule has 0 unspecified atom stereocenters. The molecule has 0 spiro atoms. The fourth-order valence-electron chi connectivity index (χ4n) is 3.51. The van der Waals surface area contributed by atoms with Gasteiger partial charge in [-0.15, -0.1) is 5.10 Å². The Hall–Kier alpha value is -2.61. The fraction of sp³-hybridized carbons (Fsp3) is 0.550. The van der Waals surface area contributed by atoms with Gasteiger partial charge in [-0.3, -0.25) is 4.90 Å². The van der Waals surface area contributed by atoms with Crippen molar-refractivity contribution in [1.29, 1.82) is 0 Å². The number of hydrogen-bond donors (Lipinski definition) is 1. The van der Waals surface area contributed by atoms with Crippen LogP contribution in [0.1, 0.15) is 31.7 Å². The van der Waals surface area contributed by atoms with E-state index in [4.69, 9.17) is 9.47 Å². The van der Waals surface area contributed by atoms with Gasteiger partial charge in [0.1, 0.15) is 0 Å². The summed E-state index contributed by atoms with van der Waals surface area (Å²) in [5.74, 6) is 3.20. The lowest BCUT2D eigenvalue weighted by Crippen LogP contribution is -2.46. The van der Waals surface area contributed by atoms with Gasteiger partial charge < -0.3 is 19.7 Å². The predicted molar refractivity (Wildman–Crippen MR) is 108 cm³/mol. The summed E-state index contributed by atoms with van der Waals surface area (Å²) >= 11 is 0. The van der Waals surface area contributed by atoms with Crippen molar-refractivity contribution in [3.63, 3.8) is 0 Å². The first-order valence-corrected chi connectivity index (χ1v) is 10.1. The Morgan fingerprint density at radius 2 is 1.93 bits per heavy atom. The van der Waals surface area contributed by atoms with E-state index in [0.29, 0.717) is 12.7 Å². The maximum Gasteiger partial charge on any atom is 0.247 e. The molecule has 8 nitrogen and oxygen atoms in total. The average molecular weight is 384 g/mol. The van der Waals surface area contributed by atoms with Crippen LogP contribution in [0.25, 0.3) is 0 Å². The van der Waals surface area contributed by atoms with Gasteiger partial charge in [-0.25, -0.2) is 0 Å². The topological polar surface area (TPSA) is 75.6 Å². The van der Waals surface area contributed by atoms with Crippen LogP contribution in [0.4, 0.5) is 11.8 Å². The average Bonchev–Trinajstić information content (AvgIpc) is 3.20. The van der Waals surface area contributed by atoms with Crippen LogP contribution < -0.4 is 19.7 Å². The van der Waals surface area contributed by atoms with Gasteiger partial charge in [-0.1, -0.05) is 25.8 Å². The van der Waals surface area contributed by atoms with Crippen molar-refractivity contribution in [3.8, 4) is 11.5 Å².